The fraction of sp³-hybridized carbons (Fsp3) is 0.333. The Morgan fingerprint density at radius 3 is 2.67 bits per heavy atom. The van der Waals surface area contributed by atoms with Gasteiger partial charge in [-0.3, -0.25) is 4.79 Å². The largest absolute Gasteiger partial charge is 0.306 e. The highest BCUT2D eigenvalue weighted by Gasteiger charge is 2.23. The van der Waals surface area contributed by atoms with Crippen molar-refractivity contribution in [2.75, 3.05) is 5.32 Å². The molecule has 0 aliphatic rings. The van der Waals surface area contributed by atoms with Crippen LogP contribution in [0.1, 0.15) is 31.5 Å². The van der Waals surface area contributed by atoms with Crippen LogP contribution >= 0.6 is 0 Å². The molecule has 1 amide bonds. The standard InChI is InChI=1S/C15H18N8O/c1-11(2)23-17-9-14(19-23)18-15(24)13(22-10-16-20-21-22)8-12-6-4-3-5-7-12/h3-7,9-11,13H,8H2,1-2H3,(H,18,19,24). The Bertz CT molecular complexity index is 781. The van der Waals surface area contributed by atoms with E-state index in [1.165, 1.54) is 17.2 Å². The number of carbonyl (C=O) groups excluding carboxylic acids is 1. The van der Waals surface area contributed by atoms with Gasteiger partial charge in [-0.05, 0) is 29.8 Å². The number of benzene rings is 1. The summed E-state index contributed by atoms with van der Waals surface area (Å²) in [5.41, 5.74) is 1.01. The van der Waals surface area contributed by atoms with Crippen molar-refractivity contribution in [3.63, 3.8) is 0 Å². The molecule has 9 heteroatoms. The number of anilines is 1. The van der Waals surface area contributed by atoms with Crippen LogP contribution in [0, 0.1) is 0 Å². The van der Waals surface area contributed by atoms with Crippen LogP contribution in [-0.2, 0) is 11.2 Å². The van der Waals surface area contributed by atoms with E-state index >= 15 is 0 Å². The molecule has 2 aromatic heterocycles. The van der Waals surface area contributed by atoms with Crippen molar-refractivity contribution in [3.05, 3.63) is 48.4 Å². The monoisotopic (exact) mass is 326 g/mol. The van der Waals surface area contributed by atoms with Crippen molar-refractivity contribution in [2.24, 2.45) is 0 Å². The van der Waals surface area contributed by atoms with Gasteiger partial charge in [-0.2, -0.15) is 9.90 Å². The molecule has 3 aromatic rings. The number of hydrogen-bond donors (Lipinski definition) is 1. The molecule has 9 nitrogen and oxygen atoms in total. The third-order valence-corrected chi connectivity index (χ3v) is 3.48. The minimum Gasteiger partial charge on any atom is -0.306 e. The third-order valence-electron chi connectivity index (χ3n) is 3.48. The van der Waals surface area contributed by atoms with Crippen LogP contribution in [0.4, 0.5) is 5.82 Å². The molecule has 0 fully saturated rings. The van der Waals surface area contributed by atoms with Gasteiger partial charge in [-0.15, -0.1) is 10.2 Å². The van der Waals surface area contributed by atoms with Crippen LogP contribution in [0.2, 0.25) is 0 Å². The molecule has 2 heterocycles. The summed E-state index contributed by atoms with van der Waals surface area (Å²) < 4.78 is 1.44. The first-order chi connectivity index (χ1) is 11.6. The van der Waals surface area contributed by atoms with Gasteiger partial charge in [0.05, 0.1) is 12.2 Å². The Labute approximate surface area is 138 Å². The Morgan fingerprint density at radius 2 is 2.04 bits per heavy atom. The predicted molar refractivity (Wildman–Crippen MR) is 86.0 cm³/mol. The molecule has 124 valence electrons. The highest BCUT2D eigenvalue weighted by molar-refractivity contribution is 5.92. The molecule has 0 saturated carbocycles. The maximum atomic E-state index is 12.7. The van der Waals surface area contributed by atoms with Crippen molar-refractivity contribution < 1.29 is 4.79 Å². The zero-order valence-electron chi connectivity index (χ0n) is 13.4. The van der Waals surface area contributed by atoms with Crippen molar-refractivity contribution in [2.45, 2.75) is 32.4 Å². The number of carbonyl (C=O) groups is 1. The van der Waals surface area contributed by atoms with Gasteiger partial charge in [0.25, 0.3) is 5.91 Å². The second-order valence-corrected chi connectivity index (χ2v) is 5.63. The van der Waals surface area contributed by atoms with E-state index in [1.807, 2.05) is 44.2 Å². The van der Waals surface area contributed by atoms with Gasteiger partial charge < -0.3 is 5.32 Å². The van der Waals surface area contributed by atoms with E-state index in [2.05, 4.69) is 31.0 Å². The topological polar surface area (TPSA) is 103 Å². The Kier molecular flexibility index (Phi) is 4.59. The van der Waals surface area contributed by atoms with Gasteiger partial charge in [0.1, 0.15) is 12.4 Å². The van der Waals surface area contributed by atoms with E-state index in [0.717, 1.165) is 5.56 Å². The Balaban J connectivity index is 1.78. The molecule has 0 radical (unpaired) electrons. The average Bonchev–Trinajstić information content (AvgIpc) is 3.25. The number of nitrogens with one attached hydrogen (secondary N) is 1. The number of amides is 1. The van der Waals surface area contributed by atoms with Gasteiger partial charge in [-0.1, -0.05) is 30.3 Å². The van der Waals surface area contributed by atoms with Gasteiger partial charge in [0.2, 0.25) is 0 Å². The number of nitrogens with zero attached hydrogens (tertiary/aromatic N) is 7. The minimum atomic E-state index is -0.577. The van der Waals surface area contributed by atoms with E-state index in [9.17, 15) is 4.79 Å². The lowest BCUT2D eigenvalue weighted by Crippen LogP contribution is -2.28. The lowest BCUT2D eigenvalue weighted by atomic mass is 10.1. The molecule has 0 saturated heterocycles. The Morgan fingerprint density at radius 1 is 1.25 bits per heavy atom. The van der Waals surface area contributed by atoms with Gasteiger partial charge in [-0.25, -0.2) is 4.68 Å². The highest BCUT2D eigenvalue weighted by Crippen LogP contribution is 2.15. The predicted octanol–water partition coefficient (Wildman–Crippen LogP) is 1.27. The summed E-state index contributed by atoms with van der Waals surface area (Å²) in [6, 6.07) is 9.25. The number of tetrazole rings is 1. The van der Waals surface area contributed by atoms with Crippen molar-refractivity contribution in [1.82, 2.24) is 35.2 Å². The second-order valence-electron chi connectivity index (χ2n) is 5.63. The molecule has 24 heavy (non-hydrogen) atoms. The summed E-state index contributed by atoms with van der Waals surface area (Å²) in [5.74, 6) is 0.154. The first kappa shape index (κ1) is 15.8. The van der Waals surface area contributed by atoms with E-state index in [-0.39, 0.29) is 11.9 Å². The van der Waals surface area contributed by atoms with Gasteiger partial charge >= 0.3 is 0 Å². The molecule has 1 N–H and O–H groups in total. The van der Waals surface area contributed by atoms with E-state index in [1.54, 1.807) is 4.80 Å². The molecule has 0 aliphatic heterocycles. The SMILES string of the molecule is CC(C)n1ncc(NC(=O)C(Cc2ccccc2)n2cnnn2)n1. The number of hydrogen-bond acceptors (Lipinski definition) is 6. The van der Waals surface area contributed by atoms with Crippen LogP contribution < -0.4 is 5.32 Å². The summed E-state index contributed by atoms with van der Waals surface area (Å²) in [4.78, 5) is 14.2. The van der Waals surface area contributed by atoms with Crippen LogP contribution in [0.25, 0.3) is 0 Å². The molecule has 3 rings (SSSR count). The van der Waals surface area contributed by atoms with Gasteiger partial charge in [0.15, 0.2) is 5.82 Å². The second kappa shape index (κ2) is 6.99. The van der Waals surface area contributed by atoms with Crippen LogP contribution in [0.3, 0.4) is 0 Å². The zero-order chi connectivity index (χ0) is 16.9. The molecule has 1 unspecified atom stereocenters. The first-order valence-corrected chi connectivity index (χ1v) is 7.62. The first-order valence-electron chi connectivity index (χ1n) is 7.62. The molecular weight excluding hydrogens is 308 g/mol. The summed E-state index contributed by atoms with van der Waals surface area (Å²) >= 11 is 0. The maximum absolute atomic E-state index is 12.7. The summed E-state index contributed by atoms with van der Waals surface area (Å²) in [6.07, 6.45) is 3.42. The Hall–Kier alpha value is -3.10. The van der Waals surface area contributed by atoms with Crippen LogP contribution in [0.5, 0.6) is 0 Å². The summed E-state index contributed by atoms with van der Waals surface area (Å²) in [7, 11) is 0. The molecule has 1 atom stereocenters. The fourth-order valence-corrected chi connectivity index (χ4v) is 2.25. The highest BCUT2D eigenvalue weighted by atomic mass is 16.2. The van der Waals surface area contributed by atoms with Crippen LogP contribution in [0.15, 0.2) is 42.9 Å². The molecule has 0 aliphatic carbocycles. The lowest BCUT2D eigenvalue weighted by molar-refractivity contribution is -0.119. The summed E-state index contributed by atoms with van der Waals surface area (Å²) in [5, 5.41) is 22.2. The van der Waals surface area contributed by atoms with Crippen molar-refractivity contribution in [3.8, 4) is 0 Å². The van der Waals surface area contributed by atoms with E-state index in [4.69, 9.17) is 0 Å². The molecule has 1 aromatic carbocycles. The number of rotatable bonds is 6. The van der Waals surface area contributed by atoms with Gasteiger partial charge in [0, 0.05) is 6.42 Å². The smallest absolute Gasteiger partial charge is 0.250 e. The fourth-order valence-electron chi connectivity index (χ4n) is 2.25. The van der Waals surface area contributed by atoms with E-state index < -0.39 is 6.04 Å². The normalized spacial score (nSPS) is 12.3. The third kappa shape index (κ3) is 3.62. The van der Waals surface area contributed by atoms with Crippen molar-refractivity contribution in [1.29, 1.82) is 0 Å². The summed E-state index contributed by atoms with van der Waals surface area (Å²) in [6.45, 7) is 3.93. The maximum Gasteiger partial charge on any atom is 0.250 e. The number of aromatic nitrogens is 7. The quantitative estimate of drug-likeness (QED) is 0.731. The molecule has 0 spiro atoms. The average molecular weight is 326 g/mol. The van der Waals surface area contributed by atoms with E-state index in [0.29, 0.717) is 12.2 Å². The molecule has 0 bridgehead atoms. The van der Waals surface area contributed by atoms with Crippen molar-refractivity contribution >= 4 is 11.7 Å². The molecular formula is C15H18N8O. The van der Waals surface area contributed by atoms with Crippen LogP contribution in [-0.4, -0.2) is 41.1 Å². The minimum absolute atomic E-state index is 0.121. The lowest BCUT2D eigenvalue weighted by Gasteiger charge is -2.15. The zero-order valence-corrected chi connectivity index (χ0v) is 13.4.